The first-order chi connectivity index (χ1) is 12.5. The summed E-state index contributed by atoms with van der Waals surface area (Å²) < 4.78 is 26.4. The van der Waals surface area contributed by atoms with Gasteiger partial charge in [-0.3, -0.25) is 9.59 Å². The summed E-state index contributed by atoms with van der Waals surface area (Å²) >= 11 is 0. The predicted octanol–water partition coefficient (Wildman–Crippen LogP) is 1.98. The molecule has 2 aliphatic rings. The highest BCUT2D eigenvalue weighted by Gasteiger charge is 2.31. The summed E-state index contributed by atoms with van der Waals surface area (Å²) in [5.74, 6) is -2.18. The van der Waals surface area contributed by atoms with Gasteiger partial charge in [-0.2, -0.15) is 0 Å². The molecule has 0 saturated carbocycles. The van der Waals surface area contributed by atoms with Gasteiger partial charge in [0.25, 0.3) is 5.91 Å². The quantitative estimate of drug-likeness (QED) is 0.823. The number of benzene rings is 1. The number of hydrogen-bond acceptors (Lipinski definition) is 3. The molecule has 0 atom stereocenters. The van der Waals surface area contributed by atoms with Crippen LogP contribution in [-0.4, -0.2) is 72.3 Å². The first-order valence-electron chi connectivity index (χ1n) is 9.25. The summed E-state index contributed by atoms with van der Waals surface area (Å²) in [5.41, 5.74) is 0.143. The summed E-state index contributed by atoms with van der Waals surface area (Å²) in [5, 5.41) is 0. The SMILES string of the molecule is CCN1CCN(C(=O)C2CCN(C(=O)c3ccc(F)c(F)c3)CC2)CC1. The minimum absolute atomic E-state index is 0.0582. The van der Waals surface area contributed by atoms with Gasteiger partial charge >= 0.3 is 0 Å². The van der Waals surface area contributed by atoms with E-state index in [1.165, 1.54) is 6.07 Å². The molecule has 0 unspecified atom stereocenters. The van der Waals surface area contributed by atoms with Crippen molar-refractivity contribution >= 4 is 11.8 Å². The molecule has 7 heteroatoms. The molecule has 0 spiro atoms. The van der Waals surface area contributed by atoms with Gasteiger partial charge < -0.3 is 14.7 Å². The standard InChI is InChI=1S/C19H25F2N3O2/c1-2-22-9-11-24(12-10-22)18(25)14-5-7-23(8-6-14)19(26)15-3-4-16(20)17(21)13-15/h3-4,13-14H,2,5-12H2,1H3. The van der Waals surface area contributed by atoms with Gasteiger partial charge in [0.2, 0.25) is 5.91 Å². The number of carbonyl (C=O) groups is 2. The van der Waals surface area contributed by atoms with E-state index in [9.17, 15) is 18.4 Å². The van der Waals surface area contributed by atoms with Crippen LogP contribution in [0.4, 0.5) is 8.78 Å². The number of likely N-dealkylation sites (tertiary alicyclic amines) is 1. The molecule has 5 nitrogen and oxygen atoms in total. The highest BCUT2D eigenvalue weighted by Crippen LogP contribution is 2.22. The van der Waals surface area contributed by atoms with E-state index in [0.29, 0.717) is 25.9 Å². The molecule has 0 radical (unpaired) electrons. The Morgan fingerprint density at radius 1 is 0.962 bits per heavy atom. The molecule has 0 N–H and O–H groups in total. The van der Waals surface area contributed by atoms with E-state index in [2.05, 4.69) is 11.8 Å². The van der Waals surface area contributed by atoms with Gasteiger partial charge in [-0.05, 0) is 37.6 Å². The zero-order valence-electron chi connectivity index (χ0n) is 15.1. The lowest BCUT2D eigenvalue weighted by Crippen LogP contribution is -2.51. The van der Waals surface area contributed by atoms with Gasteiger partial charge in [0.1, 0.15) is 0 Å². The van der Waals surface area contributed by atoms with E-state index in [4.69, 9.17) is 0 Å². The maximum Gasteiger partial charge on any atom is 0.253 e. The molecule has 1 aromatic rings. The molecule has 0 bridgehead atoms. The number of likely N-dealkylation sites (N-methyl/N-ethyl adjacent to an activating group) is 1. The number of hydrogen-bond donors (Lipinski definition) is 0. The van der Waals surface area contributed by atoms with Crippen molar-refractivity contribution in [2.45, 2.75) is 19.8 Å². The number of nitrogens with zero attached hydrogens (tertiary/aromatic N) is 3. The highest BCUT2D eigenvalue weighted by molar-refractivity contribution is 5.94. The lowest BCUT2D eigenvalue weighted by Gasteiger charge is -2.38. The van der Waals surface area contributed by atoms with E-state index in [-0.39, 0.29) is 23.3 Å². The van der Waals surface area contributed by atoms with Crippen LogP contribution in [0, 0.1) is 17.6 Å². The monoisotopic (exact) mass is 365 g/mol. The Kier molecular flexibility index (Phi) is 5.86. The highest BCUT2D eigenvalue weighted by atomic mass is 19.2. The van der Waals surface area contributed by atoms with Gasteiger partial charge in [-0.1, -0.05) is 6.92 Å². The van der Waals surface area contributed by atoms with Crippen LogP contribution in [0.3, 0.4) is 0 Å². The van der Waals surface area contributed by atoms with Gasteiger partial charge in [0.05, 0.1) is 0 Å². The zero-order chi connectivity index (χ0) is 18.7. The van der Waals surface area contributed by atoms with Crippen LogP contribution in [-0.2, 0) is 4.79 Å². The third-order valence-electron chi connectivity index (χ3n) is 5.43. The first kappa shape index (κ1) is 18.8. The number of rotatable bonds is 3. The van der Waals surface area contributed by atoms with Crippen molar-refractivity contribution in [1.29, 1.82) is 0 Å². The number of amides is 2. The lowest BCUT2D eigenvalue weighted by molar-refractivity contribution is -0.138. The second kappa shape index (κ2) is 8.12. The van der Waals surface area contributed by atoms with E-state index >= 15 is 0 Å². The summed E-state index contributed by atoms with van der Waals surface area (Å²) in [6.45, 7) is 7.41. The second-order valence-corrected chi connectivity index (χ2v) is 6.95. The van der Waals surface area contributed by atoms with Crippen LogP contribution in [0.5, 0.6) is 0 Å². The lowest BCUT2D eigenvalue weighted by atomic mass is 9.94. The van der Waals surface area contributed by atoms with Crippen molar-refractivity contribution in [1.82, 2.24) is 14.7 Å². The molecule has 2 aliphatic heterocycles. The minimum atomic E-state index is -1.02. The van der Waals surface area contributed by atoms with E-state index in [1.54, 1.807) is 4.90 Å². The van der Waals surface area contributed by atoms with Crippen LogP contribution < -0.4 is 0 Å². The molecule has 2 amide bonds. The largest absolute Gasteiger partial charge is 0.340 e. The Balaban J connectivity index is 1.53. The Bertz CT molecular complexity index is 667. The van der Waals surface area contributed by atoms with Crippen LogP contribution in [0.15, 0.2) is 18.2 Å². The molecule has 2 heterocycles. The van der Waals surface area contributed by atoms with Crippen molar-refractivity contribution in [2.24, 2.45) is 5.92 Å². The number of halogens is 2. The van der Waals surface area contributed by atoms with Crippen molar-refractivity contribution in [3.63, 3.8) is 0 Å². The molecule has 142 valence electrons. The van der Waals surface area contributed by atoms with Gasteiger partial charge in [-0.25, -0.2) is 8.78 Å². The molecular weight excluding hydrogens is 340 g/mol. The molecule has 0 aromatic heterocycles. The third-order valence-corrected chi connectivity index (χ3v) is 5.43. The van der Waals surface area contributed by atoms with Crippen LogP contribution in [0.25, 0.3) is 0 Å². The fraction of sp³-hybridized carbons (Fsp3) is 0.579. The second-order valence-electron chi connectivity index (χ2n) is 6.95. The average Bonchev–Trinajstić information content (AvgIpc) is 2.69. The van der Waals surface area contributed by atoms with Gasteiger partial charge in [0, 0.05) is 50.7 Å². The Labute approximate surface area is 152 Å². The molecule has 1 aromatic carbocycles. The summed E-state index contributed by atoms with van der Waals surface area (Å²) in [4.78, 5) is 31.0. The molecule has 2 saturated heterocycles. The van der Waals surface area contributed by atoms with E-state index < -0.39 is 11.6 Å². The van der Waals surface area contributed by atoms with Gasteiger partial charge in [0.15, 0.2) is 11.6 Å². The molecule has 0 aliphatic carbocycles. The fourth-order valence-electron chi connectivity index (χ4n) is 3.68. The van der Waals surface area contributed by atoms with Crippen molar-refractivity contribution in [3.05, 3.63) is 35.4 Å². The molecular formula is C19H25F2N3O2. The molecule has 2 fully saturated rings. The van der Waals surface area contributed by atoms with Crippen molar-refractivity contribution in [2.75, 3.05) is 45.8 Å². The van der Waals surface area contributed by atoms with Crippen LogP contribution in [0.2, 0.25) is 0 Å². The maximum absolute atomic E-state index is 13.3. The summed E-state index contributed by atoms with van der Waals surface area (Å²) in [7, 11) is 0. The van der Waals surface area contributed by atoms with Crippen LogP contribution >= 0.6 is 0 Å². The van der Waals surface area contributed by atoms with Crippen molar-refractivity contribution < 1.29 is 18.4 Å². The number of piperidine rings is 1. The smallest absolute Gasteiger partial charge is 0.253 e. The average molecular weight is 365 g/mol. The summed E-state index contributed by atoms with van der Waals surface area (Å²) in [6, 6.07) is 3.20. The number of carbonyl (C=O) groups excluding carboxylic acids is 2. The number of piperazine rings is 1. The third kappa shape index (κ3) is 4.03. The minimum Gasteiger partial charge on any atom is -0.340 e. The van der Waals surface area contributed by atoms with Gasteiger partial charge in [-0.15, -0.1) is 0 Å². The Hall–Kier alpha value is -2.02. The first-order valence-corrected chi connectivity index (χ1v) is 9.25. The normalized spacial score (nSPS) is 19.7. The van der Waals surface area contributed by atoms with Crippen LogP contribution in [0.1, 0.15) is 30.1 Å². The molecule has 3 rings (SSSR count). The zero-order valence-corrected chi connectivity index (χ0v) is 15.1. The molecule has 26 heavy (non-hydrogen) atoms. The predicted molar refractivity (Wildman–Crippen MR) is 93.7 cm³/mol. The van der Waals surface area contributed by atoms with E-state index in [1.807, 2.05) is 4.90 Å². The Morgan fingerprint density at radius 3 is 2.19 bits per heavy atom. The Morgan fingerprint density at radius 2 is 1.62 bits per heavy atom. The maximum atomic E-state index is 13.3. The van der Waals surface area contributed by atoms with Crippen molar-refractivity contribution in [3.8, 4) is 0 Å². The van der Waals surface area contributed by atoms with E-state index in [0.717, 1.165) is 44.9 Å². The fourth-order valence-corrected chi connectivity index (χ4v) is 3.68. The topological polar surface area (TPSA) is 43.9 Å². The summed E-state index contributed by atoms with van der Waals surface area (Å²) in [6.07, 6.45) is 1.23.